The third-order valence-electron chi connectivity index (χ3n) is 6.33. The van der Waals surface area contributed by atoms with Gasteiger partial charge in [-0.2, -0.15) is 0 Å². The van der Waals surface area contributed by atoms with Gasteiger partial charge in [0.05, 0.1) is 12.7 Å². The number of carbonyl (C=O) groups is 3. The summed E-state index contributed by atoms with van der Waals surface area (Å²) in [7, 11) is 3.98. The lowest BCUT2D eigenvalue weighted by atomic mass is 9.85. The lowest BCUT2D eigenvalue weighted by Crippen LogP contribution is -2.58. The molecule has 10 heteroatoms. The number of nitrogens with zero attached hydrogens (tertiary/aromatic N) is 2. The van der Waals surface area contributed by atoms with Crippen LogP contribution in [-0.4, -0.2) is 90.4 Å². The number of benzene rings is 1. The number of terminal acetylenes is 1. The fourth-order valence-electron chi connectivity index (χ4n) is 4.33. The first-order chi connectivity index (χ1) is 18.5. The minimum Gasteiger partial charge on any atom is -0.493 e. The van der Waals surface area contributed by atoms with Gasteiger partial charge in [0, 0.05) is 37.2 Å². The van der Waals surface area contributed by atoms with Crippen LogP contribution in [0.15, 0.2) is 18.2 Å². The fourth-order valence-corrected chi connectivity index (χ4v) is 4.33. The van der Waals surface area contributed by atoms with Gasteiger partial charge in [0.2, 0.25) is 11.8 Å². The van der Waals surface area contributed by atoms with Crippen molar-refractivity contribution in [1.82, 2.24) is 20.4 Å². The van der Waals surface area contributed by atoms with Crippen molar-refractivity contribution in [2.75, 3.05) is 33.8 Å². The summed E-state index contributed by atoms with van der Waals surface area (Å²) in [5, 5.41) is 16.0. The summed E-state index contributed by atoms with van der Waals surface area (Å²) in [4.78, 5) is 42.9. The molecule has 1 heterocycles. The molecule has 0 bridgehead atoms. The molecular formula is C30H46N4O6. The quantitative estimate of drug-likeness (QED) is 0.298. The topological polar surface area (TPSA) is 120 Å². The normalized spacial score (nSPS) is 18.2. The van der Waals surface area contributed by atoms with Crippen LogP contribution in [0.3, 0.4) is 0 Å². The third-order valence-corrected chi connectivity index (χ3v) is 6.33. The first-order valence-corrected chi connectivity index (χ1v) is 13.6. The van der Waals surface area contributed by atoms with Crippen molar-refractivity contribution >= 4 is 17.9 Å². The molecule has 0 radical (unpaired) electrons. The van der Waals surface area contributed by atoms with Crippen LogP contribution in [-0.2, 0) is 20.9 Å². The zero-order chi connectivity index (χ0) is 30.3. The summed E-state index contributed by atoms with van der Waals surface area (Å²) < 4.78 is 11.3. The number of aliphatic hydroxyl groups excluding tert-OH is 1. The van der Waals surface area contributed by atoms with Crippen LogP contribution in [0.2, 0.25) is 0 Å². The van der Waals surface area contributed by atoms with Crippen LogP contribution in [0.4, 0.5) is 4.79 Å². The molecule has 2 rings (SSSR count). The summed E-state index contributed by atoms with van der Waals surface area (Å²) in [6, 6.07) is 3.48. The van der Waals surface area contributed by atoms with Crippen molar-refractivity contribution in [2.45, 2.75) is 84.7 Å². The molecule has 3 N–H and O–H groups in total. The molecule has 0 spiro atoms. The summed E-state index contributed by atoms with van der Waals surface area (Å²) in [6.45, 7) is 12.1. The predicted octanol–water partition coefficient (Wildman–Crippen LogP) is 2.52. The van der Waals surface area contributed by atoms with Crippen molar-refractivity contribution < 1.29 is 29.0 Å². The van der Waals surface area contributed by atoms with Crippen LogP contribution >= 0.6 is 0 Å². The molecule has 1 fully saturated rings. The van der Waals surface area contributed by atoms with Gasteiger partial charge in [-0.15, -0.1) is 6.42 Å². The maximum atomic E-state index is 13.7. The summed E-state index contributed by atoms with van der Waals surface area (Å²) in [5.74, 6) is 2.32. The molecule has 1 aliphatic rings. The first-order valence-electron chi connectivity index (χ1n) is 13.6. The van der Waals surface area contributed by atoms with E-state index in [9.17, 15) is 19.5 Å². The van der Waals surface area contributed by atoms with E-state index in [1.54, 1.807) is 32.9 Å². The smallest absolute Gasteiger partial charge is 0.408 e. The number of rotatable bonds is 10. The van der Waals surface area contributed by atoms with Gasteiger partial charge in [0.25, 0.3) is 0 Å². The van der Waals surface area contributed by atoms with Crippen LogP contribution in [0.5, 0.6) is 5.75 Å². The molecule has 0 saturated carbocycles. The number of alkyl carbamates (subject to hydrolysis) is 1. The van der Waals surface area contributed by atoms with Gasteiger partial charge in [0.1, 0.15) is 23.4 Å². The Hall–Kier alpha value is -3.29. The zero-order valence-electron chi connectivity index (χ0n) is 25.2. The maximum absolute atomic E-state index is 13.7. The van der Waals surface area contributed by atoms with Crippen molar-refractivity contribution in [3.63, 3.8) is 0 Å². The Labute approximate surface area is 238 Å². The Morgan fingerprint density at radius 2 is 1.88 bits per heavy atom. The van der Waals surface area contributed by atoms with E-state index in [4.69, 9.17) is 15.9 Å². The van der Waals surface area contributed by atoms with Gasteiger partial charge in [-0.05, 0) is 58.8 Å². The minimum absolute atomic E-state index is 0.0173. The van der Waals surface area contributed by atoms with Crippen LogP contribution in [0.1, 0.15) is 65.5 Å². The lowest BCUT2D eigenvalue weighted by molar-refractivity contribution is -0.142. The molecule has 222 valence electrons. The van der Waals surface area contributed by atoms with Gasteiger partial charge < -0.3 is 35.0 Å². The molecule has 0 aromatic heterocycles. The number of likely N-dealkylation sites (tertiary alicyclic amines) is 1. The van der Waals surface area contributed by atoms with Crippen LogP contribution in [0, 0.1) is 17.8 Å². The van der Waals surface area contributed by atoms with Gasteiger partial charge in [0.15, 0.2) is 0 Å². The average molecular weight is 559 g/mol. The second-order valence-electron chi connectivity index (χ2n) is 12.5. The van der Waals surface area contributed by atoms with Crippen LogP contribution < -0.4 is 15.4 Å². The van der Waals surface area contributed by atoms with Gasteiger partial charge >= 0.3 is 6.09 Å². The highest BCUT2D eigenvalue weighted by atomic mass is 16.6. The fraction of sp³-hybridized carbons (Fsp3) is 0.633. The average Bonchev–Trinajstić information content (AvgIpc) is 3.23. The molecule has 1 unspecified atom stereocenters. The number of ether oxygens (including phenoxy) is 2. The monoisotopic (exact) mass is 558 g/mol. The Morgan fingerprint density at radius 1 is 1.20 bits per heavy atom. The molecule has 3 atom stereocenters. The third kappa shape index (κ3) is 10.0. The number of aliphatic hydroxyl groups is 1. The van der Waals surface area contributed by atoms with E-state index in [-0.39, 0.29) is 19.5 Å². The SMILES string of the molecule is C#Cc1ccc(CNC(=O)[C@@H]2C[C@@H](O)CN2C(=O)C(NC(=O)OC(C)(C)C)C(C)(C)C)c(OCCCN(C)C)c1. The summed E-state index contributed by atoms with van der Waals surface area (Å²) in [6.07, 6.45) is 4.88. The number of hydrogen-bond acceptors (Lipinski definition) is 7. The first kappa shape index (κ1) is 32.9. The highest BCUT2D eigenvalue weighted by molar-refractivity contribution is 5.92. The number of nitrogens with one attached hydrogen (secondary N) is 2. The molecule has 1 aromatic rings. The standard InChI is InChI=1S/C30H46N4O6/c1-10-20-12-13-21(24(16-20)39-15-11-14-33(8)9)18-31-26(36)23-17-22(35)19-34(23)27(37)25(29(2,3)4)32-28(38)40-30(5,6)7/h1,12-13,16,22-23,25,35H,11,14-15,17-19H2,2-9H3,(H,31,36)(H,32,38)/t22-,23+,25?/m1/s1. The summed E-state index contributed by atoms with van der Waals surface area (Å²) >= 11 is 0. The molecular weight excluding hydrogens is 512 g/mol. The van der Waals surface area contributed by atoms with Gasteiger partial charge in [-0.25, -0.2) is 4.79 Å². The number of carbonyl (C=O) groups excluding carboxylic acids is 3. The van der Waals surface area contributed by atoms with Crippen molar-refractivity contribution in [3.8, 4) is 18.1 Å². The number of hydrogen-bond donors (Lipinski definition) is 3. The highest BCUT2D eigenvalue weighted by Gasteiger charge is 2.44. The molecule has 3 amide bonds. The predicted molar refractivity (Wildman–Crippen MR) is 154 cm³/mol. The van der Waals surface area contributed by atoms with E-state index in [1.165, 1.54) is 4.90 Å². The second-order valence-corrected chi connectivity index (χ2v) is 12.5. The molecule has 1 saturated heterocycles. The van der Waals surface area contributed by atoms with Gasteiger partial charge in [-0.3, -0.25) is 9.59 Å². The molecule has 1 aromatic carbocycles. The van der Waals surface area contributed by atoms with E-state index in [2.05, 4.69) is 21.5 Å². The Kier molecular flexibility index (Phi) is 11.4. The number of β-amino-alcohol motifs (C(OH)–C–C–N with tert-alkyl or cyclic N) is 1. The van der Waals surface area contributed by atoms with E-state index in [1.807, 2.05) is 40.9 Å². The second kappa shape index (κ2) is 13.9. The molecule has 0 aliphatic carbocycles. The Morgan fingerprint density at radius 3 is 2.45 bits per heavy atom. The largest absolute Gasteiger partial charge is 0.493 e. The maximum Gasteiger partial charge on any atom is 0.408 e. The van der Waals surface area contributed by atoms with E-state index >= 15 is 0 Å². The van der Waals surface area contributed by atoms with Gasteiger partial charge in [-0.1, -0.05) is 32.8 Å². The summed E-state index contributed by atoms with van der Waals surface area (Å²) in [5.41, 5.74) is -0.0122. The van der Waals surface area contributed by atoms with E-state index in [0.29, 0.717) is 17.9 Å². The Bertz CT molecular complexity index is 1080. The molecule has 10 nitrogen and oxygen atoms in total. The molecule has 1 aliphatic heterocycles. The highest BCUT2D eigenvalue weighted by Crippen LogP contribution is 2.27. The minimum atomic E-state index is -0.971. The number of amides is 3. The zero-order valence-corrected chi connectivity index (χ0v) is 25.2. The van der Waals surface area contributed by atoms with Crippen molar-refractivity contribution in [2.24, 2.45) is 5.41 Å². The van der Waals surface area contributed by atoms with E-state index in [0.717, 1.165) is 18.5 Å². The van der Waals surface area contributed by atoms with Crippen molar-refractivity contribution in [1.29, 1.82) is 0 Å². The van der Waals surface area contributed by atoms with E-state index < -0.39 is 47.1 Å². The lowest BCUT2D eigenvalue weighted by Gasteiger charge is -2.35. The van der Waals surface area contributed by atoms with Crippen LogP contribution in [0.25, 0.3) is 0 Å². The van der Waals surface area contributed by atoms with Crippen molar-refractivity contribution in [3.05, 3.63) is 29.3 Å². The Balaban J connectivity index is 2.16. The molecule has 40 heavy (non-hydrogen) atoms.